The standard InChI is InChI=1S/C13H23N5/c1-4-5-11-10-12(14-2)16-13(15-11)18-8-6-17(3)7-9-18/h10H,4-9H2,1-3H3,(H,14,15,16). The normalized spacial score (nSPS) is 16.9. The number of hydrogen-bond donors (Lipinski definition) is 1. The fourth-order valence-corrected chi connectivity index (χ4v) is 2.14. The van der Waals surface area contributed by atoms with Gasteiger partial charge in [0.05, 0.1) is 0 Å². The van der Waals surface area contributed by atoms with Gasteiger partial charge in [-0.2, -0.15) is 4.98 Å². The van der Waals surface area contributed by atoms with Gasteiger partial charge in [0.25, 0.3) is 0 Å². The molecular weight excluding hydrogens is 226 g/mol. The molecule has 1 aromatic rings. The van der Waals surface area contributed by atoms with Gasteiger partial charge in [-0.3, -0.25) is 0 Å². The molecule has 0 bridgehead atoms. The Labute approximate surface area is 109 Å². The van der Waals surface area contributed by atoms with Crippen molar-refractivity contribution in [2.45, 2.75) is 19.8 Å². The summed E-state index contributed by atoms with van der Waals surface area (Å²) >= 11 is 0. The van der Waals surface area contributed by atoms with Gasteiger partial charge < -0.3 is 15.1 Å². The van der Waals surface area contributed by atoms with E-state index in [0.717, 1.165) is 56.5 Å². The van der Waals surface area contributed by atoms with E-state index in [1.165, 1.54) is 0 Å². The maximum Gasteiger partial charge on any atom is 0.227 e. The zero-order chi connectivity index (χ0) is 13.0. The molecule has 0 amide bonds. The Kier molecular flexibility index (Phi) is 4.36. The lowest BCUT2D eigenvalue weighted by Gasteiger charge is -2.32. The minimum absolute atomic E-state index is 0.874. The molecule has 1 aliphatic rings. The van der Waals surface area contributed by atoms with Gasteiger partial charge in [0.1, 0.15) is 5.82 Å². The molecule has 5 nitrogen and oxygen atoms in total. The number of nitrogens with zero attached hydrogens (tertiary/aromatic N) is 4. The summed E-state index contributed by atoms with van der Waals surface area (Å²) < 4.78 is 0. The summed E-state index contributed by atoms with van der Waals surface area (Å²) in [6.07, 6.45) is 2.13. The van der Waals surface area contributed by atoms with Crippen LogP contribution in [-0.4, -0.2) is 55.1 Å². The topological polar surface area (TPSA) is 44.3 Å². The second-order valence-electron chi connectivity index (χ2n) is 4.83. The lowest BCUT2D eigenvalue weighted by atomic mass is 10.2. The van der Waals surface area contributed by atoms with Crippen LogP contribution < -0.4 is 10.2 Å². The number of aryl methyl sites for hydroxylation is 1. The van der Waals surface area contributed by atoms with Gasteiger partial charge in [0.15, 0.2) is 0 Å². The fraction of sp³-hybridized carbons (Fsp3) is 0.692. The Morgan fingerprint density at radius 2 is 1.94 bits per heavy atom. The van der Waals surface area contributed by atoms with Crippen molar-refractivity contribution in [2.24, 2.45) is 0 Å². The first kappa shape index (κ1) is 13.1. The molecule has 0 aromatic carbocycles. The Morgan fingerprint density at radius 3 is 2.56 bits per heavy atom. The van der Waals surface area contributed by atoms with E-state index in [9.17, 15) is 0 Å². The molecule has 18 heavy (non-hydrogen) atoms. The number of aromatic nitrogens is 2. The molecule has 1 aromatic heterocycles. The van der Waals surface area contributed by atoms with E-state index in [-0.39, 0.29) is 0 Å². The van der Waals surface area contributed by atoms with Crippen LogP contribution in [0.4, 0.5) is 11.8 Å². The Morgan fingerprint density at radius 1 is 1.22 bits per heavy atom. The van der Waals surface area contributed by atoms with Crippen molar-refractivity contribution in [1.29, 1.82) is 0 Å². The molecule has 0 radical (unpaired) electrons. The summed E-state index contributed by atoms with van der Waals surface area (Å²) in [5, 5.41) is 3.13. The first-order valence-corrected chi connectivity index (χ1v) is 6.72. The van der Waals surface area contributed by atoms with Crippen molar-refractivity contribution in [1.82, 2.24) is 14.9 Å². The highest BCUT2D eigenvalue weighted by atomic mass is 15.3. The summed E-state index contributed by atoms with van der Waals surface area (Å²) in [5.41, 5.74) is 1.13. The predicted molar refractivity (Wildman–Crippen MR) is 75.3 cm³/mol. The smallest absolute Gasteiger partial charge is 0.227 e. The third-order valence-electron chi connectivity index (χ3n) is 3.32. The van der Waals surface area contributed by atoms with E-state index in [0.29, 0.717) is 0 Å². The van der Waals surface area contributed by atoms with Crippen molar-refractivity contribution in [3.8, 4) is 0 Å². The van der Waals surface area contributed by atoms with Gasteiger partial charge in [0, 0.05) is 45.0 Å². The van der Waals surface area contributed by atoms with E-state index in [2.05, 4.69) is 39.1 Å². The average molecular weight is 249 g/mol. The predicted octanol–water partition coefficient (Wildman–Crippen LogP) is 1.22. The Bertz CT molecular complexity index is 385. The Hall–Kier alpha value is -1.36. The van der Waals surface area contributed by atoms with E-state index in [1.807, 2.05) is 13.1 Å². The molecule has 0 aliphatic carbocycles. The van der Waals surface area contributed by atoms with E-state index < -0.39 is 0 Å². The third kappa shape index (κ3) is 3.10. The van der Waals surface area contributed by atoms with Gasteiger partial charge in [-0.1, -0.05) is 13.3 Å². The molecule has 0 saturated carbocycles. The van der Waals surface area contributed by atoms with Crippen LogP contribution in [0.3, 0.4) is 0 Å². The molecule has 1 fully saturated rings. The molecule has 1 saturated heterocycles. The average Bonchev–Trinajstić information content (AvgIpc) is 2.39. The first-order chi connectivity index (χ1) is 8.72. The zero-order valence-electron chi connectivity index (χ0n) is 11.6. The summed E-state index contributed by atoms with van der Waals surface area (Å²) in [4.78, 5) is 13.9. The van der Waals surface area contributed by atoms with Crippen molar-refractivity contribution >= 4 is 11.8 Å². The van der Waals surface area contributed by atoms with Crippen molar-refractivity contribution < 1.29 is 0 Å². The van der Waals surface area contributed by atoms with E-state index in [4.69, 9.17) is 0 Å². The molecule has 0 atom stereocenters. The number of rotatable bonds is 4. The quantitative estimate of drug-likeness (QED) is 0.869. The second kappa shape index (κ2) is 6.00. The van der Waals surface area contributed by atoms with Gasteiger partial charge >= 0.3 is 0 Å². The summed E-state index contributed by atoms with van der Waals surface area (Å²) in [7, 11) is 4.07. The van der Waals surface area contributed by atoms with Crippen LogP contribution in [-0.2, 0) is 6.42 Å². The highest BCUT2D eigenvalue weighted by Gasteiger charge is 2.17. The number of nitrogens with one attached hydrogen (secondary N) is 1. The fourth-order valence-electron chi connectivity index (χ4n) is 2.14. The zero-order valence-corrected chi connectivity index (χ0v) is 11.6. The highest BCUT2D eigenvalue weighted by molar-refractivity contribution is 5.43. The summed E-state index contributed by atoms with van der Waals surface area (Å²) in [5.74, 6) is 1.79. The minimum atomic E-state index is 0.874. The van der Waals surface area contributed by atoms with Crippen LogP contribution in [0.1, 0.15) is 19.0 Å². The summed E-state index contributed by atoms with van der Waals surface area (Å²) in [6, 6.07) is 2.04. The molecule has 0 spiro atoms. The molecule has 0 unspecified atom stereocenters. The van der Waals surface area contributed by atoms with Crippen LogP contribution in [0.15, 0.2) is 6.07 Å². The molecule has 1 N–H and O–H groups in total. The molecule has 2 rings (SSSR count). The van der Waals surface area contributed by atoms with Crippen LogP contribution in [0.5, 0.6) is 0 Å². The van der Waals surface area contributed by atoms with Crippen LogP contribution >= 0.6 is 0 Å². The minimum Gasteiger partial charge on any atom is -0.373 e. The maximum atomic E-state index is 4.68. The van der Waals surface area contributed by atoms with Crippen molar-refractivity contribution in [2.75, 3.05) is 50.5 Å². The lowest BCUT2D eigenvalue weighted by molar-refractivity contribution is 0.311. The number of hydrogen-bond acceptors (Lipinski definition) is 5. The van der Waals surface area contributed by atoms with E-state index >= 15 is 0 Å². The molecular formula is C13H23N5. The number of anilines is 2. The van der Waals surface area contributed by atoms with Crippen LogP contribution in [0.25, 0.3) is 0 Å². The highest BCUT2D eigenvalue weighted by Crippen LogP contribution is 2.16. The maximum absolute atomic E-state index is 4.68. The lowest BCUT2D eigenvalue weighted by Crippen LogP contribution is -2.45. The monoisotopic (exact) mass is 249 g/mol. The van der Waals surface area contributed by atoms with Gasteiger partial charge in [-0.25, -0.2) is 4.98 Å². The molecule has 1 aliphatic heterocycles. The molecule has 100 valence electrons. The van der Waals surface area contributed by atoms with Crippen molar-refractivity contribution in [3.05, 3.63) is 11.8 Å². The SMILES string of the molecule is CCCc1cc(NC)nc(N2CCN(C)CC2)n1. The first-order valence-electron chi connectivity index (χ1n) is 6.72. The molecule has 2 heterocycles. The van der Waals surface area contributed by atoms with E-state index in [1.54, 1.807) is 0 Å². The van der Waals surface area contributed by atoms with Gasteiger partial charge in [0.2, 0.25) is 5.95 Å². The largest absolute Gasteiger partial charge is 0.373 e. The second-order valence-corrected chi connectivity index (χ2v) is 4.83. The van der Waals surface area contributed by atoms with Crippen LogP contribution in [0, 0.1) is 0 Å². The van der Waals surface area contributed by atoms with Gasteiger partial charge in [-0.15, -0.1) is 0 Å². The summed E-state index contributed by atoms with van der Waals surface area (Å²) in [6.45, 7) is 6.35. The Balaban J connectivity index is 2.17. The molecule has 5 heteroatoms. The number of piperazine rings is 1. The number of likely N-dealkylation sites (N-methyl/N-ethyl adjacent to an activating group) is 1. The third-order valence-corrected chi connectivity index (χ3v) is 3.32. The van der Waals surface area contributed by atoms with Gasteiger partial charge in [-0.05, 0) is 13.5 Å². The van der Waals surface area contributed by atoms with Crippen LogP contribution in [0.2, 0.25) is 0 Å². The van der Waals surface area contributed by atoms with Crippen molar-refractivity contribution in [3.63, 3.8) is 0 Å².